The number of benzene rings is 1. The maximum atomic E-state index is 12.6. The topological polar surface area (TPSA) is 78.4 Å². The Hall–Kier alpha value is -2.96. The number of aryl methyl sites for hydroxylation is 1. The van der Waals surface area contributed by atoms with Gasteiger partial charge in [-0.25, -0.2) is 9.97 Å². The van der Waals surface area contributed by atoms with Gasteiger partial charge in [-0.3, -0.25) is 9.59 Å². The van der Waals surface area contributed by atoms with Crippen LogP contribution >= 0.6 is 0 Å². The van der Waals surface area contributed by atoms with Crippen molar-refractivity contribution in [2.24, 2.45) is 0 Å². The van der Waals surface area contributed by atoms with Crippen molar-refractivity contribution >= 4 is 23.8 Å². The molecule has 0 saturated carbocycles. The lowest BCUT2D eigenvalue weighted by molar-refractivity contribution is -0.118. The fraction of sp³-hybridized carbons (Fsp3) is 0.400. The summed E-state index contributed by atoms with van der Waals surface area (Å²) in [5.41, 5.74) is 3.24. The Labute approximate surface area is 159 Å². The first kappa shape index (κ1) is 18.8. The number of nitrogens with one attached hydrogen (secondary N) is 1. The summed E-state index contributed by atoms with van der Waals surface area (Å²) >= 11 is 0. The Morgan fingerprint density at radius 2 is 1.89 bits per heavy atom. The Morgan fingerprint density at radius 1 is 1.15 bits per heavy atom. The molecular weight excluding hydrogens is 342 g/mol. The average molecular weight is 367 g/mol. The lowest BCUT2D eigenvalue weighted by Crippen LogP contribution is -2.46. The highest BCUT2D eigenvalue weighted by Crippen LogP contribution is 2.27. The predicted octanol–water partition coefficient (Wildman–Crippen LogP) is 2.44. The van der Waals surface area contributed by atoms with Crippen LogP contribution in [0.2, 0.25) is 0 Å². The molecule has 1 aliphatic rings. The van der Waals surface area contributed by atoms with Crippen LogP contribution in [-0.2, 0) is 4.79 Å². The molecule has 1 aliphatic heterocycles. The van der Waals surface area contributed by atoms with Crippen LogP contribution in [0.25, 0.3) is 0 Å². The third kappa shape index (κ3) is 4.24. The first-order valence-corrected chi connectivity index (χ1v) is 9.16. The summed E-state index contributed by atoms with van der Waals surface area (Å²) in [7, 11) is 0. The van der Waals surface area contributed by atoms with Crippen LogP contribution in [0.4, 0.5) is 11.5 Å². The molecule has 7 heteroatoms. The number of carbonyl (C=O) groups is 2. The van der Waals surface area contributed by atoms with E-state index >= 15 is 0 Å². The molecule has 0 aliphatic carbocycles. The summed E-state index contributed by atoms with van der Waals surface area (Å²) in [6.07, 6.45) is 3.99. The number of amides is 2. The number of piperazine rings is 1. The first-order chi connectivity index (χ1) is 13.0. The smallest absolute Gasteiger partial charge is 0.275 e. The standard InChI is InChI=1S/C20H25N5O2/c1-14(2)16-6-4-5-15(3)19(16)23-20(27)17-11-22-18(12-21-17)25-9-7-24(13-26)8-10-25/h4-6,11-14H,7-10H2,1-3H3,(H,23,27). The van der Waals surface area contributed by atoms with E-state index in [9.17, 15) is 9.59 Å². The van der Waals surface area contributed by atoms with Gasteiger partial charge < -0.3 is 15.1 Å². The molecule has 0 bridgehead atoms. The van der Waals surface area contributed by atoms with Crippen molar-refractivity contribution in [3.63, 3.8) is 0 Å². The van der Waals surface area contributed by atoms with Gasteiger partial charge in [0.15, 0.2) is 0 Å². The molecule has 2 aromatic rings. The Kier molecular flexibility index (Phi) is 5.69. The van der Waals surface area contributed by atoms with Crippen LogP contribution < -0.4 is 10.2 Å². The molecule has 1 saturated heterocycles. The number of para-hydroxylation sites is 1. The minimum atomic E-state index is -0.268. The number of hydrogen-bond acceptors (Lipinski definition) is 5. The number of nitrogens with zero attached hydrogens (tertiary/aromatic N) is 4. The molecule has 0 spiro atoms. The second-order valence-electron chi connectivity index (χ2n) is 7.04. The molecule has 27 heavy (non-hydrogen) atoms. The molecule has 142 valence electrons. The number of hydrogen-bond donors (Lipinski definition) is 1. The summed E-state index contributed by atoms with van der Waals surface area (Å²) in [6, 6.07) is 6.01. The van der Waals surface area contributed by atoms with Crippen molar-refractivity contribution in [3.05, 3.63) is 47.4 Å². The van der Waals surface area contributed by atoms with Crippen molar-refractivity contribution in [2.45, 2.75) is 26.7 Å². The minimum absolute atomic E-state index is 0.268. The normalized spacial score (nSPS) is 14.4. The number of rotatable bonds is 5. The summed E-state index contributed by atoms with van der Waals surface area (Å²) in [5.74, 6) is 0.755. The monoisotopic (exact) mass is 367 g/mol. The Morgan fingerprint density at radius 3 is 2.48 bits per heavy atom. The van der Waals surface area contributed by atoms with Crippen molar-refractivity contribution in [2.75, 3.05) is 36.4 Å². The molecule has 3 rings (SSSR count). The molecule has 1 aromatic heterocycles. The number of carbonyl (C=O) groups excluding carboxylic acids is 2. The largest absolute Gasteiger partial charge is 0.352 e. The zero-order valence-electron chi connectivity index (χ0n) is 16.0. The maximum Gasteiger partial charge on any atom is 0.275 e. The molecule has 0 unspecified atom stereocenters. The van der Waals surface area contributed by atoms with E-state index in [1.165, 1.54) is 6.20 Å². The zero-order chi connectivity index (χ0) is 19.4. The number of aromatic nitrogens is 2. The van der Waals surface area contributed by atoms with E-state index in [2.05, 4.69) is 34.0 Å². The van der Waals surface area contributed by atoms with Crippen LogP contribution in [-0.4, -0.2) is 53.4 Å². The first-order valence-electron chi connectivity index (χ1n) is 9.16. The predicted molar refractivity (Wildman–Crippen MR) is 105 cm³/mol. The van der Waals surface area contributed by atoms with E-state index in [1.807, 2.05) is 25.1 Å². The van der Waals surface area contributed by atoms with E-state index in [0.717, 1.165) is 29.0 Å². The summed E-state index contributed by atoms with van der Waals surface area (Å²) in [6.45, 7) is 8.93. The van der Waals surface area contributed by atoms with Gasteiger partial charge in [0.1, 0.15) is 11.5 Å². The SMILES string of the molecule is Cc1cccc(C(C)C)c1NC(=O)c1cnc(N2CCN(C=O)CC2)cn1. The van der Waals surface area contributed by atoms with Gasteiger partial charge in [-0.1, -0.05) is 32.0 Å². The van der Waals surface area contributed by atoms with Gasteiger partial charge in [-0.15, -0.1) is 0 Å². The van der Waals surface area contributed by atoms with Gasteiger partial charge in [0, 0.05) is 31.9 Å². The van der Waals surface area contributed by atoms with Crippen LogP contribution in [0.15, 0.2) is 30.6 Å². The third-order valence-electron chi connectivity index (χ3n) is 4.82. The molecule has 2 heterocycles. The van der Waals surface area contributed by atoms with Gasteiger partial charge in [0.2, 0.25) is 6.41 Å². The highest BCUT2D eigenvalue weighted by atomic mass is 16.2. The Bertz CT molecular complexity index is 812. The van der Waals surface area contributed by atoms with Crippen LogP contribution in [0.1, 0.15) is 41.4 Å². The van der Waals surface area contributed by atoms with E-state index in [-0.39, 0.29) is 11.6 Å². The second kappa shape index (κ2) is 8.16. The van der Waals surface area contributed by atoms with Crippen LogP contribution in [0, 0.1) is 6.92 Å². The van der Waals surface area contributed by atoms with E-state index in [0.29, 0.717) is 32.1 Å². The van der Waals surface area contributed by atoms with Crippen molar-refractivity contribution in [3.8, 4) is 0 Å². The fourth-order valence-electron chi connectivity index (χ4n) is 3.18. The van der Waals surface area contributed by atoms with Crippen molar-refractivity contribution in [1.29, 1.82) is 0 Å². The second-order valence-corrected chi connectivity index (χ2v) is 7.04. The molecule has 0 radical (unpaired) electrons. The lowest BCUT2D eigenvalue weighted by atomic mass is 9.98. The van der Waals surface area contributed by atoms with Gasteiger partial charge in [0.25, 0.3) is 5.91 Å². The number of anilines is 2. The van der Waals surface area contributed by atoms with Crippen molar-refractivity contribution < 1.29 is 9.59 Å². The fourth-order valence-corrected chi connectivity index (χ4v) is 3.18. The molecular formula is C20H25N5O2. The van der Waals surface area contributed by atoms with Gasteiger partial charge in [-0.05, 0) is 24.0 Å². The molecule has 0 atom stereocenters. The lowest BCUT2D eigenvalue weighted by Gasteiger charge is -2.33. The molecule has 1 N–H and O–H groups in total. The van der Waals surface area contributed by atoms with Gasteiger partial charge in [-0.2, -0.15) is 0 Å². The van der Waals surface area contributed by atoms with Crippen LogP contribution in [0.3, 0.4) is 0 Å². The molecule has 2 amide bonds. The molecule has 1 fully saturated rings. The minimum Gasteiger partial charge on any atom is -0.352 e. The van der Waals surface area contributed by atoms with Crippen LogP contribution in [0.5, 0.6) is 0 Å². The summed E-state index contributed by atoms with van der Waals surface area (Å²) in [4.78, 5) is 35.9. The van der Waals surface area contributed by atoms with Gasteiger partial charge in [0.05, 0.1) is 12.4 Å². The summed E-state index contributed by atoms with van der Waals surface area (Å²) in [5, 5.41) is 2.99. The quantitative estimate of drug-likeness (QED) is 0.821. The third-order valence-corrected chi connectivity index (χ3v) is 4.82. The average Bonchev–Trinajstić information content (AvgIpc) is 2.69. The van der Waals surface area contributed by atoms with Gasteiger partial charge >= 0.3 is 0 Å². The van der Waals surface area contributed by atoms with E-state index < -0.39 is 0 Å². The molecule has 7 nitrogen and oxygen atoms in total. The highest BCUT2D eigenvalue weighted by molar-refractivity contribution is 6.03. The highest BCUT2D eigenvalue weighted by Gasteiger charge is 2.18. The zero-order valence-corrected chi connectivity index (χ0v) is 16.0. The van der Waals surface area contributed by atoms with Crippen molar-refractivity contribution in [1.82, 2.24) is 14.9 Å². The van der Waals surface area contributed by atoms with E-state index in [4.69, 9.17) is 0 Å². The summed E-state index contributed by atoms with van der Waals surface area (Å²) < 4.78 is 0. The Balaban J connectivity index is 1.71. The maximum absolute atomic E-state index is 12.6. The van der Waals surface area contributed by atoms with E-state index in [1.54, 1.807) is 11.1 Å². The molecule has 1 aromatic carbocycles.